The molecule has 2 fully saturated rings. The van der Waals surface area contributed by atoms with Gasteiger partial charge in [0.15, 0.2) is 0 Å². The van der Waals surface area contributed by atoms with Crippen LogP contribution in [0.5, 0.6) is 0 Å². The molecule has 2 heterocycles. The molecule has 3 rings (SSSR count). The summed E-state index contributed by atoms with van der Waals surface area (Å²) < 4.78 is 19.3. The summed E-state index contributed by atoms with van der Waals surface area (Å²) in [7, 11) is 0. The van der Waals surface area contributed by atoms with E-state index >= 15 is 0 Å². The molecule has 2 aliphatic heterocycles. The van der Waals surface area contributed by atoms with E-state index in [1.54, 1.807) is 0 Å². The smallest absolute Gasteiger partial charge is 0.113 e. The van der Waals surface area contributed by atoms with Crippen molar-refractivity contribution in [3.05, 3.63) is 11.9 Å². The summed E-state index contributed by atoms with van der Waals surface area (Å²) in [4.78, 5) is 0. The van der Waals surface area contributed by atoms with Crippen LogP contribution in [-0.4, -0.2) is 36.1 Å². The van der Waals surface area contributed by atoms with Crippen LogP contribution in [0.2, 0.25) is 0 Å². The first-order chi connectivity index (χ1) is 7.29. The monoisotopic (exact) mass is 212 g/mol. The third kappa shape index (κ3) is 1.61. The van der Waals surface area contributed by atoms with Crippen LogP contribution in [0.15, 0.2) is 11.9 Å². The van der Waals surface area contributed by atoms with Crippen LogP contribution in [0.4, 0.5) is 4.39 Å². The third-order valence-electron chi connectivity index (χ3n) is 3.79. The number of ether oxygens (including phenoxy) is 1. The van der Waals surface area contributed by atoms with E-state index in [4.69, 9.17) is 4.74 Å². The van der Waals surface area contributed by atoms with Gasteiger partial charge >= 0.3 is 0 Å². The molecule has 0 spiro atoms. The maximum atomic E-state index is 13.7. The van der Waals surface area contributed by atoms with Gasteiger partial charge in [-0.2, -0.15) is 5.01 Å². The van der Waals surface area contributed by atoms with Crippen molar-refractivity contribution >= 4 is 0 Å². The van der Waals surface area contributed by atoms with E-state index in [2.05, 4.69) is 16.9 Å². The minimum absolute atomic E-state index is 0.0903. The van der Waals surface area contributed by atoms with Crippen molar-refractivity contribution < 1.29 is 9.13 Å². The van der Waals surface area contributed by atoms with Crippen molar-refractivity contribution in [1.82, 2.24) is 10.0 Å². The Balaban J connectivity index is 1.83. The van der Waals surface area contributed by atoms with Crippen molar-refractivity contribution in [2.24, 2.45) is 11.8 Å². The van der Waals surface area contributed by atoms with Gasteiger partial charge in [0.2, 0.25) is 0 Å². The van der Waals surface area contributed by atoms with Gasteiger partial charge in [-0.1, -0.05) is 6.92 Å². The summed E-state index contributed by atoms with van der Waals surface area (Å²) in [5, 5.41) is 4.34. The lowest BCUT2D eigenvalue weighted by Gasteiger charge is -2.31. The SMILES string of the molecule is CCC1CC2COCN3CN3C2C=C1F. The predicted molar refractivity (Wildman–Crippen MR) is 54.2 cm³/mol. The van der Waals surface area contributed by atoms with Crippen LogP contribution in [0.3, 0.4) is 0 Å². The number of rotatable bonds is 1. The lowest BCUT2D eigenvalue weighted by Crippen LogP contribution is -2.34. The molecule has 0 amide bonds. The van der Waals surface area contributed by atoms with Gasteiger partial charge in [0.1, 0.15) is 12.6 Å². The van der Waals surface area contributed by atoms with Crippen LogP contribution in [-0.2, 0) is 4.74 Å². The molecule has 5 atom stereocenters. The summed E-state index contributed by atoms with van der Waals surface area (Å²) in [6.45, 7) is 4.44. The van der Waals surface area contributed by atoms with E-state index in [9.17, 15) is 4.39 Å². The molecule has 0 aromatic carbocycles. The molecule has 3 nitrogen and oxygen atoms in total. The van der Waals surface area contributed by atoms with Crippen LogP contribution in [0.1, 0.15) is 19.8 Å². The van der Waals surface area contributed by atoms with Gasteiger partial charge in [-0.15, -0.1) is 0 Å². The van der Waals surface area contributed by atoms with Gasteiger partial charge in [-0.3, -0.25) is 0 Å². The van der Waals surface area contributed by atoms with Gasteiger partial charge < -0.3 is 4.74 Å². The van der Waals surface area contributed by atoms with Crippen molar-refractivity contribution in [3.63, 3.8) is 0 Å². The second-order valence-corrected chi connectivity index (χ2v) is 4.73. The average Bonchev–Trinajstić information content (AvgIpc) is 2.98. The van der Waals surface area contributed by atoms with E-state index in [0.29, 0.717) is 12.6 Å². The Morgan fingerprint density at radius 3 is 3.27 bits per heavy atom. The number of hydrogen-bond acceptors (Lipinski definition) is 3. The van der Waals surface area contributed by atoms with Crippen molar-refractivity contribution in [2.75, 3.05) is 20.0 Å². The maximum Gasteiger partial charge on any atom is 0.113 e. The fraction of sp³-hybridized carbons (Fsp3) is 0.818. The lowest BCUT2D eigenvalue weighted by atomic mass is 9.81. The summed E-state index contributed by atoms with van der Waals surface area (Å²) in [6, 6.07) is 0.246. The summed E-state index contributed by atoms with van der Waals surface area (Å²) in [6.07, 6.45) is 3.65. The predicted octanol–water partition coefficient (Wildman–Crippen LogP) is 1.73. The molecule has 5 unspecified atom stereocenters. The van der Waals surface area contributed by atoms with Crippen molar-refractivity contribution in [1.29, 1.82) is 0 Å². The zero-order valence-corrected chi connectivity index (χ0v) is 9.03. The Hall–Kier alpha value is -0.450. The number of halogens is 1. The largest absolute Gasteiger partial charge is 0.364 e. The number of hydrazine groups is 1. The number of fused-ring (bicyclic) bond motifs is 3. The Bertz CT molecular complexity index is 294. The third-order valence-corrected chi connectivity index (χ3v) is 3.79. The zero-order valence-electron chi connectivity index (χ0n) is 9.03. The Morgan fingerprint density at radius 2 is 2.47 bits per heavy atom. The molecule has 0 aromatic heterocycles. The van der Waals surface area contributed by atoms with E-state index in [-0.39, 0.29) is 17.8 Å². The first-order valence-corrected chi connectivity index (χ1v) is 5.76. The molecule has 0 aromatic rings. The molecule has 0 saturated carbocycles. The van der Waals surface area contributed by atoms with Gasteiger partial charge in [-0.05, 0) is 18.9 Å². The highest BCUT2D eigenvalue weighted by molar-refractivity contribution is 5.12. The lowest BCUT2D eigenvalue weighted by molar-refractivity contribution is 0.0607. The van der Waals surface area contributed by atoms with Crippen molar-refractivity contribution in [2.45, 2.75) is 25.8 Å². The minimum Gasteiger partial charge on any atom is -0.364 e. The number of allylic oxidation sites excluding steroid dienone is 1. The van der Waals surface area contributed by atoms with E-state index in [1.807, 2.05) is 6.08 Å². The molecule has 0 radical (unpaired) electrons. The highest BCUT2D eigenvalue weighted by Gasteiger charge is 2.45. The fourth-order valence-corrected chi connectivity index (χ4v) is 2.76. The molecular weight excluding hydrogens is 195 g/mol. The standard InChI is InChI=1S/C11H17FN2O/c1-2-8-3-9-5-15-7-13-6-14(13)11(9)4-10(8)12/h4,8-9,11H,2-3,5-7H2,1H3. The number of hydrogen-bond donors (Lipinski definition) is 0. The van der Waals surface area contributed by atoms with Crippen LogP contribution >= 0.6 is 0 Å². The van der Waals surface area contributed by atoms with E-state index in [1.165, 1.54) is 0 Å². The molecule has 15 heavy (non-hydrogen) atoms. The first kappa shape index (κ1) is 9.75. The molecule has 0 bridgehead atoms. The second-order valence-electron chi connectivity index (χ2n) is 4.73. The fourth-order valence-electron chi connectivity index (χ4n) is 2.76. The second kappa shape index (κ2) is 3.54. The molecule has 1 aliphatic carbocycles. The Labute approximate surface area is 89.5 Å². The molecule has 0 N–H and O–H groups in total. The van der Waals surface area contributed by atoms with Crippen LogP contribution in [0, 0.1) is 11.8 Å². The molecule has 3 aliphatic rings. The maximum absolute atomic E-state index is 13.7. The summed E-state index contributed by atoms with van der Waals surface area (Å²) >= 11 is 0. The highest BCUT2D eigenvalue weighted by Crippen LogP contribution is 2.39. The molecule has 2 saturated heterocycles. The minimum atomic E-state index is 0.0903. The molecule has 4 heteroatoms. The van der Waals surface area contributed by atoms with Gasteiger partial charge in [-0.25, -0.2) is 9.40 Å². The van der Waals surface area contributed by atoms with Crippen LogP contribution in [0.25, 0.3) is 0 Å². The van der Waals surface area contributed by atoms with E-state index in [0.717, 1.165) is 26.1 Å². The average molecular weight is 212 g/mol. The van der Waals surface area contributed by atoms with Gasteiger partial charge in [0.25, 0.3) is 0 Å². The van der Waals surface area contributed by atoms with Gasteiger partial charge in [0.05, 0.1) is 19.3 Å². The summed E-state index contributed by atoms with van der Waals surface area (Å²) in [5.74, 6) is 0.691. The van der Waals surface area contributed by atoms with Crippen molar-refractivity contribution in [3.8, 4) is 0 Å². The Kier molecular flexibility index (Phi) is 2.30. The summed E-state index contributed by atoms with van der Waals surface area (Å²) in [5.41, 5.74) is 0. The zero-order chi connectivity index (χ0) is 10.4. The quantitative estimate of drug-likeness (QED) is 0.615. The number of nitrogens with zero attached hydrogens (tertiary/aromatic N) is 2. The van der Waals surface area contributed by atoms with Crippen LogP contribution < -0.4 is 0 Å². The normalized spacial score (nSPS) is 48.7. The van der Waals surface area contributed by atoms with E-state index < -0.39 is 0 Å². The Morgan fingerprint density at radius 1 is 1.60 bits per heavy atom. The molecule has 84 valence electrons. The molecular formula is C11H17FN2O. The topological polar surface area (TPSA) is 15.2 Å². The van der Waals surface area contributed by atoms with Gasteiger partial charge in [0, 0.05) is 11.8 Å². The highest BCUT2D eigenvalue weighted by atomic mass is 19.1. The first-order valence-electron chi connectivity index (χ1n) is 5.76.